The van der Waals surface area contributed by atoms with Gasteiger partial charge in [-0.05, 0) is 54.4 Å². The Morgan fingerprint density at radius 1 is 1.21 bits per heavy atom. The van der Waals surface area contributed by atoms with Crippen LogP contribution in [0.1, 0.15) is 65.5 Å². The fraction of sp³-hybridized carbons (Fsp3) is 0.467. The molecule has 0 spiro atoms. The summed E-state index contributed by atoms with van der Waals surface area (Å²) in [4.78, 5) is 35.5. The van der Waals surface area contributed by atoms with Gasteiger partial charge in [0.05, 0.1) is 16.8 Å². The Morgan fingerprint density at radius 2 is 1.92 bits per heavy atom. The second-order valence-corrected chi connectivity index (χ2v) is 12.3. The largest absolute Gasteiger partial charge is 0.404 e. The molecule has 0 saturated heterocycles. The summed E-state index contributed by atoms with van der Waals surface area (Å²) in [7, 11) is 1.78. The molecule has 8 nitrogen and oxygen atoms in total. The minimum atomic E-state index is -0.240. The number of benzene rings is 1. The lowest BCUT2D eigenvalue weighted by Crippen LogP contribution is -2.49. The number of nitrogens with two attached hydrogens (primary N) is 1. The van der Waals surface area contributed by atoms with Crippen LogP contribution in [0.25, 0.3) is 11.2 Å². The van der Waals surface area contributed by atoms with Crippen LogP contribution in [-0.2, 0) is 18.4 Å². The van der Waals surface area contributed by atoms with Gasteiger partial charge in [0.15, 0.2) is 5.65 Å². The van der Waals surface area contributed by atoms with Gasteiger partial charge in [-0.2, -0.15) is 0 Å². The molecule has 8 heteroatoms. The Bertz CT molecular complexity index is 1420. The van der Waals surface area contributed by atoms with E-state index in [-0.39, 0.29) is 34.4 Å². The molecule has 2 atom stereocenters. The zero-order chi connectivity index (χ0) is 27.7. The van der Waals surface area contributed by atoms with Crippen molar-refractivity contribution >= 4 is 29.0 Å². The molecule has 3 N–H and O–H groups in total. The molecule has 1 amide bonds. The van der Waals surface area contributed by atoms with E-state index in [1.807, 2.05) is 47.0 Å². The van der Waals surface area contributed by atoms with Crippen molar-refractivity contribution in [1.82, 2.24) is 19.4 Å². The minimum Gasteiger partial charge on any atom is -0.404 e. The van der Waals surface area contributed by atoms with Crippen LogP contribution in [0.4, 0.5) is 5.69 Å². The Labute approximate surface area is 224 Å². The smallest absolute Gasteiger partial charge is 0.330 e. The number of aromatic nitrogens is 3. The standard InChI is InChI=1S/C30H40N6O2/c1-29(2,3)19-36-24-13-12-23(33-26(24)35(6)28(36)38)20-14-15-30(4,5)25(16-20)34-27(37)21(17-31)18-32-22-10-8-7-9-11-22/h7-13,17-18,20,25H,14-16,19,31H2,1-6H3,(H,34,37). The average Bonchev–Trinajstić information content (AvgIpc) is 3.09. The summed E-state index contributed by atoms with van der Waals surface area (Å²) in [5.74, 6) is -0.0712. The van der Waals surface area contributed by atoms with Crippen LogP contribution >= 0.6 is 0 Å². The van der Waals surface area contributed by atoms with E-state index in [0.717, 1.165) is 36.2 Å². The van der Waals surface area contributed by atoms with Gasteiger partial charge in [-0.25, -0.2) is 9.78 Å². The summed E-state index contributed by atoms with van der Waals surface area (Å²) < 4.78 is 3.46. The molecule has 0 bridgehead atoms. The van der Waals surface area contributed by atoms with Crippen molar-refractivity contribution < 1.29 is 4.79 Å². The third-order valence-corrected chi connectivity index (χ3v) is 7.51. The molecule has 3 aromatic rings. The number of aryl methyl sites for hydroxylation is 1. The number of para-hydroxylation sites is 1. The lowest BCUT2D eigenvalue weighted by atomic mass is 9.68. The monoisotopic (exact) mass is 516 g/mol. The van der Waals surface area contributed by atoms with Crippen LogP contribution in [0.5, 0.6) is 0 Å². The van der Waals surface area contributed by atoms with Crippen LogP contribution in [0.3, 0.4) is 0 Å². The van der Waals surface area contributed by atoms with Gasteiger partial charge in [0.1, 0.15) is 0 Å². The Morgan fingerprint density at radius 3 is 2.58 bits per heavy atom. The zero-order valence-corrected chi connectivity index (χ0v) is 23.4. The minimum absolute atomic E-state index is 0.0280. The van der Waals surface area contributed by atoms with E-state index in [2.05, 4.69) is 44.9 Å². The molecule has 2 heterocycles. The maximum atomic E-state index is 13.2. The molecule has 2 unspecified atom stereocenters. The first-order chi connectivity index (χ1) is 17.9. The molecule has 0 radical (unpaired) electrons. The maximum Gasteiger partial charge on any atom is 0.330 e. The molecule has 1 aliphatic carbocycles. The molecule has 1 aromatic carbocycles. The Hall–Kier alpha value is -3.68. The molecule has 2 aromatic heterocycles. The van der Waals surface area contributed by atoms with E-state index in [1.165, 1.54) is 12.4 Å². The molecule has 1 aliphatic rings. The number of nitrogens with zero attached hydrogens (tertiary/aromatic N) is 4. The zero-order valence-electron chi connectivity index (χ0n) is 23.4. The number of nitrogens with one attached hydrogen (secondary N) is 1. The van der Waals surface area contributed by atoms with Crippen LogP contribution < -0.4 is 16.7 Å². The number of carbonyl (C=O) groups is 1. The number of hydrogen-bond acceptors (Lipinski definition) is 5. The van der Waals surface area contributed by atoms with Crippen LogP contribution in [0, 0.1) is 10.8 Å². The van der Waals surface area contributed by atoms with E-state index in [9.17, 15) is 9.59 Å². The number of fused-ring (bicyclic) bond motifs is 1. The first-order valence-corrected chi connectivity index (χ1v) is 13.3. The SMILES string of the molecule is Cn1c(=O)n(CC(C)(C)C)c2ccc(C3CCC(C)(C)C(NC(=O)C(C=Nc4ccccc4)=CN)C3)nc21. The van der Waals surface area contributed by atoms with Crippen molar-refractivity contribution in [3.8, 4) is 0 Å². The number of hydrogen-bond donors (Lipinski definition) is 2. The number of rotatable bonds is 6. The van der Waals surface area contributed by atoms with Gasteiger partial charge in [0.25, 0.3) is 5.91 Å². The first-order valence-electron chi connectivity index (χ1n) is 13.3. The van der Waals surface area contributed by atoms with Gasteiger partial charge in [-0.1, -0.05) is 52.8 Å². The van der Waals surface area contributed by atoms with Gasteiger partial charge in [-0.15, -0.1) is 0 Å². The average molecular weight is 517 g/mol. The quantitative estimate of drug-likeness (QED) is 0.362. The van der Waals surface area contributed by atoms with Crippen molar-refractivity contribution in [3.05, 3.63) is 70.4 Å². The molecule has 4 rings (SSSR count). The number of amides is 1. The highest BCUT2D eigenvalue weighted by Gasteiger charge is 2.38. The Kier molecular flexibility index (Phi) is 7.63. The predicted molar refractivity (Wildman–Crippen MR) is 154 cm³/mol. The predicted octanol–water partition coefficient (Wildman–Crippen LogP) is 4.80. The molecular weight excluding hydrogens is 476 g/mol. The summed E-state index contributed by atoms with van der Waals surface area (Å²) in [5.41, 5.74) is 9.22. The van der Waals surface area contributed by atoms with Crippen molar-refractivity contribution in [2.45, 2.75) is 72.4 Å². The molecule has 38 heavy (non-hydrogen) atoms. The van der Waals surface area contributed by atoms with E-state index < -0.39 is 0 Å². The summed E-state index contributed by atoms with van der Waals surface area (Å²) in [6, 6.07) is 13.4. The van der Waals surface area contributed by atoms with E-state index >= 15 is 0 Å². The lowest BCUT2D eigenvalue weighted by Gasteiger charge is -2.42. The molecule has 1 saturated carbocycles. The van der Waals surface area contributed by atoms with Crippen LogP contribution in [0.15, 0.2) is 64.0 Å². The molecule has 202 valence electrons. The van der Waals surface area contributed by atoms with Gasteiger partial charge in [0, 0.05) is 43.7 Å². The number of imidazole rings is 1. The highest BCUT2D eigenvalue weighted by Crippen LogP contribution is 2.42. The van der Waals surface area contributed by atoms with Gasteiger partial charge >= 0.3 is 5.69 Å². The molecular formula is C30H40N6O2. The van der Waals surface area contributed by atoms with Crippen LogP contribution in [0.2, 0.25) is 0 Å². The second-order valence-electron chi connectivity index (χ2n) is 12.3. The number of carbonyl (C=O) groups excluding carboxylic acids is 1. The third kappa shape index (κ3) is 5.90. The van der Waals surface area contributed by atoms with Crippen molar-refractivity contribution in [2.24, 2.45) is 28.6 Å². The maximum absolute atomic E-state index is 13.2. The summed E-state index contributed by atoms with van der Waals surface area (Å²) >= 11 is 0. The lowest BCUT2D eigenvalue weighted by molar-refractivity contribution is -0.118. The number of aliphatic imine (C=N–C) groups is 1. The fourth-order valence-corrected chi connectivity index (χ4v) is 5.18. The van der Waals surface area contributed by atoms with Gasteiger partial charge in [0.2, 0.25) is 0 Å². The first kappa shape index (κ1) is 27.4. The Balaban J connectivity index is 1.55. The van der Waals surface area contributed by atoms with Crippen molar-refractivity contribution in [1.29, 1.82) is 0 Å². The van der Waals surface area contributed by atoms with Crippen molar-refractivity contribution in [3.63, 3.8) is 0 Å². The highest BCUT2D eigenvalue weighted by molar-refractivity contribution is 6.12. The second kappa shape index (κ2) is 10.6. The fourth-order valence-electron chi connectivity index (χ4n) is 5.18. The molecule has 0 aliphatic heterocycles. The van der Waals surface area contributed by atoms with E-state index in [1.54, 1.807) is 11.6 Å². The normalized spacial score (nSPS) is 20.2. The highest BCUT2D eigenvalue weighted by atomic mass is 16.2. The van der Waals surface area contributed by atoms with Crippen LogP contribution in [-0.4, -0.2) is 32.3 Å². The third-order valence-electron chi connectivity index (χ3n) is 7.51. The molecule has 1 fully saturated rings. The topological polar surface area (TPSA) is 107 Å². The summed E-state index contributed by atoms with van der Waals surface area (Å²) in [6.45, 7) is 11.4. The van der Waals surface area contributed by atoms with E-state index in [4.69, 9.17) is 10.7 Å². The summed E-state index contributed by atoms with van der Waals surface area (Å²) in [6.07, 6.45) is 5.46. The van der Waals surface area contributed by atoms with Crippen molar-refractivity contribution in [2.75, 3.05) is 0 Å². The van der Waals surface area contributed by atoms with E-state index in [0.29, 0.717) is 17.8 Å². The number of pyridine rings is 1. The van der Waals surface area contributed by atoms with Gasteiger partial charge < -0.3 is 11.1 Å². The van der Waals surface area contributed by atoms with Gasteiger partial charge in [-0.3, -0.25) is 18.9 Å². The summed E-state index contributed by atoms with van der Waals surface area (Å²) in [5, 5.41) is 3.22.